The van der Waals surface area contributed by atoms with Crippen LogP contribution in [0.5, 0.6) is 0 Å². The predicted octanol–water partition coefficient (Wildman–Crippen LogP) is 3.58. The lowest BCUT2D eigenvalue weighted by atomic mass is 10.1. The van der Waals surface area contributed by atoms with Crippen LogP contribution in [0.15, 0.2) is 23.3 Å². The van der Waals surface area contributed by atoms with Gasteiger partial charge in [0.05, 0.1) is 12.1 Å². The Bertz CT molecular complexity index is 447. The summed E-state index contributed by atoms with van der Waals surface area (Å²) < 4.78 is 37.5. The van der Waals surface area contributed by atoms with Gasteiger partial charge >= 0.3 is 6.18 Å². The molecule has 17 heavy (non-hydrogen) atoms. The van der Waals surface area contributed by atoms with E-state index in [1.807, 2.05) is 0 Å². The molecule has 0 unspecified atom stereocenters. The van der Waals surface area contributed by atoms with Gasteiger partial charge in [-0.15, -0.1) is 0 Å². The Morgan fingerprint density at radius 2 is 2.00 bits per heavy atom. The first-order valence-corrected chi connectivity index (χ1v) is 4.74. The maximum atomic E-state index is 12.5. The monoisotopic (exact) mass is 244 g/mol. The number of anilines is 1. The molecule has 4 nitrogen and oxygen atoms in total. The largest absolute Gasteiger partial charge is 0.416 e. The van der Waals surface area contributed by atoms with Crippen LogP contribution < -0.4 is 4.90 Å². The van der Waals surface area contributed by atoms with Crippen molar-refractivity contribution in [1.29, 1.82) is 0 Å². The molecule has 0 N–H and O–H groups in total. The molecule has 0 fully saturated rings. The van der Waals surface area contributed by atoms with Gasteiger partial charge in [0.1, 0.15) is 0 Å². The van der Waals surface area contributed by atoms with Crippen molar-refractivity contribution in [2.75, 3.05) is 19.0 Å². The van der Waals surface area contributed by atoms with Gasteiger partial charge in [-0.25, -0.2) is 0 Å². The van der Waals surface area contributed by atoms with E-state index in [-0.39, 0.29) is 6.54 Å². The fraction of sp³-hybridized carbons (Fsp3) is 0.400. The highest BCUT2D eigenvalue weighted by atomic mass is 19.4. The Balaban J connectivity index is 3.23. The molecule has 0 spiro atoms. The summed E-state index contributed by atoms with van der Waals surface area (Å²) >= 11 is 0. The first-order chi connectivity index (χ1) is 7.86. The highest BCUT2D eigenvalue weighted by molar-refractivity contribution is 5.54. The van der Waals surface area contributed by atoms with Gasteiger partial charge in [0.25, 0.3) is 0 Å². The zero-order chi connectivity index (χ0) is 13.1. The van der Waals surface area contributed by atoms with E-state index in [0.29, 0.717) is 11.3 Å². The Morgan fingerprint density at radius 1 is 1.35 bits per heavy atom. The van der Waals surface area contributed by atoms with E-state index in [4.69, 9.17) is 5.53 Å². The van der Waals surface area contributed by atoms with Crippen LogP contribution in [-0.2, 0) is 12.7 Å². The number of nitrogens with zero attached hydrogens (tertiary/aromatic N) is 4. The molecule has 0 aliphatic heterocycles. The molecular weight excluding hydrogens is 233 g/mol. The molecular formula is C10H11F3N4. The summed E-state index contributed by atoms with van der Waals surface area (Å²) in [5.41, 5.74) is 8.42. The second kappa shape index (κ2) is 4.97. The van der Waals surface area contributed by atoms with Gasteiger partial charge in [-0.1, -0.05) is 5.11 Å². The minimum Gasteiger partial charge on any atom is -0.377 e. The highest BCUT2D eigenvalue weighted by Crippen LogP contribution is 2.32. The Morgan fingerprint density at radius 3 is 2.47 bits per heavy atom. The van der Waals surface area contributed by atoms with Crippen LogP contribution in [0, 0.1) is 0 Å². The average molecular weight is 244 g/mol. The average Bonchev–Trinajstić information content (AvgIpc) is 2.24. The quantitative estimate of drug-likeness (QED) is 0.455. The van der Waals surface area contributed by atoms with E-state index in [0.717, 1.165) is 12.1 Å². The van der Waals surface area contributed by atoms with E-state index >= 15 is 0 Å². The summed E-state index contributed by atoms with van der Waals surface area (Å²) in [6.07, 6.45) is -4.39. The van der Waals surface area contributed by atoms with Crippen molar-refractivity contribution in [2.45, 2.75) is 12.7 Å². The molecule has 0 amide bonds. The summed E-state index contributed by atoms with van der Waals surface area (Å²) in [4.78, 5) is 4.22. The highest BCUT2D eigenvalue weighted by Gasteiger charge is 2.30. The van der Waals surface area contributed by atoms with Crippen LogP contribution in [0.4, 0.5) is 18.9 Å². The summed E-state index contributed by atoms with van der Waals surface area (Å²) in [6.45, 7) is -0.103. The predicted molar refractivity (Wildman–Crippen MR) is 58.6 cm³/mol. The zero-order valence-electron chi connectivity index (χ0n) is 9.36. The molecule has 0 atom stereocenters. The minimum absolute atomic E-state index is 0.103. The van der Waals surface area contributed by atoms with Crippen molar-refractivity contribution in [1.82, 2.24) is 0 Å². The number of rotatable bonds is 3. The maximum absolute atomic E-state index is 12.5. The van der Waals surface area contributed by atoms with Gasteiger partial charge in [-0.3, -0.25) is 0 Å². The van der Waals surface area contributed by atoms with Crippen LogP contribution in [0.2, 0.25) is 0 Å². The SMILES string of the molecule is CN(C)c1ccc(C(F)(F)F)cc1CN=[N+]=[N-]. The van der Waals surface area contributed by atoms with Gasteiger partial charge in [-0.05, 0) is 29.3 Å². The van der Waals surface area contributed by atoms with Crippen molar-refractivity contribution in [3.63, 3.8) is 0 Å². The number of halogens is 3. The summed E-state index contributed by atoms with van der Waals surface area (Å²) in [5, 5.41) is 3.29. The molecule has 1 aromatic rings. The van der Waals surface area contributed by atoms with Crippen LogP contribution >= 0.6 is 0 Å². The van der Waals surface area contributed by atoms with E-state index in [9.17, 15) is 13.2 Å². The van der Waals surface area contributed by atoms with Gasteiger partial charge in [-0.2, -0.15) is 13.2 Å². The first kappa shape index (κ1) is 13.2. The smallest absolute Gasteiger partial charge is 0.377 e. The minimum atomic E-state index is -4.39. The molecule has 0 bridgehead atoms. The van der Waals surface area contributed by atoms with Crippen molar-refractivity contribution in [3.8, 4) is 0 Å². The van der Waals surface area contributed by atoms with Crippen LogP contribution in [-0.4, -0.2) is 14.1 Å². The molecule has 0 aliphatic rings. The number of hydrogen-bond acceptors (Lipinski definition) is 2. The van der Waals surface area contributed by atoms with E-state index in [2.05, 4.69) is 10.0 Å². The topological polar surface area (TPSA) is 52.0 Å². The van der Waals surface area contributed by atoms with Crippen LogP contribution in [0.25, 0.3) is 10.4 Å². The Kier molecular flexibility index (Phi) is 3.85. The molecule has 0 saturated heterocycles. The summed E-state index contributed by atoms with van der Waals surface area (Å²) in [6, 6.07) is 3.38. The molecule has 0 radical (unpaired) electrons. The molecule has 0 heterocycles. The molecule has 1 aromatic carbocycles. The number of hydrogen-bond donors (Lipinski definition) is 0. The standard InChI is InChI=1S/C10H11F3N4/c1-17(2)9-4-3-8(10(11,12)13)5-7(9)6-15-16-14/h3-5H,6H2,1-2H3. The molecule has 1 rings (SSSR count). The molecule has 92 valence electrons. The Hall–Kier alpha value is -1.88. The zero-order valence-corrected chi connectivity index (χ0v) is 9.36. The fourth-order valence-electron chi connectivity index (χ4n) is 1.43. The van der Waals surface area contributed by atoms with Gasteiger partial charge in [0.15, 0.2) is 0 Å². The molecule has 0 saturated carbocycles. The third kappa shape index (κ3) is 3.29. The maximum Gasteiger partial charge on any atom is 0.416 e. The molecule has 7 heteroatoms. The summed E-state index contributed by atoms with van der Waals surface area (Å²) in [5.74, 6) is 0. The van der Waals surface area contributed by atoms with Gasteiger partial charge < -0.3 is 4.90 Å². The lowest BCUT2D eigenvalue weighted by molar-refractivity contribution is -0.137. The van der Waals surface area contributed by atoms with Crippen molar-refractivity contribution in [3.05, 3.63) is 39.8 Å². The van der Waals surface area contributed by atoms with Crippen molar-refractivity contribution >= 4 is 5.69 Å². The lowest BCUT2D eigenvalue weighted by Crippen LogP contribution is -2.13. The van der Waals surface area contributed by atoms with E-state index in [1.165, 1.54) is 6.07 Å². The lowest BCUT2D eigenvalue weighted by Gasteiger charge is -2.18. The number of azide groups is 1. The summed E-state index contributed by atoms with van der Waals surface area (Å²) in [7, 11) is 3.42. The normalized spacial score (nSPS) is 10.9. The van der Waals surface area contributed by atoms with Gasteiger partial charge in [0.2, 0.25) is 0 Å². The second-order valence-electron chi connectivity index (χ2n) is 3.62. The third-order valence-corrected chi connectivity index (χ3v) is 2.19. The van der Waals surface area contributed by atoms with Gasteiger partial charge in [0, 0.05) is 24.7 Å². The van der Waals surface area contributed by atoms with Crippen LogP contribution in [0.1, 0.15) is 11.1 Å². The molecule has 0 aromatic heterocycles. The van der Waals surface area contributed by atoms with Crippen molar-refractivity contribution < 1.29 is 13.2 Å². The second-order valence-corrected chi connectivity index (χ2v) is 3.62. The number of alkyl halides is 3. The molecule has 0 aliphatic carbocycles. The first-order valence-electron chi connectivity index (χ1n) is 4.74. The third-order valence-electron chi connectivity index (χ3n) is 2.19. The van der Waals surface area contributed by atoms with Crippen molar-refractivity contribution in [2.24, 2.45) is 5.11 Å². The number of benzene rings is 1. The van der Waals surface area contributed by atoms with E-state index in [1.54, 1.807) is 19.0 Å². The van der Waals surface area contributed by atoms with Crippen LogP contribution in [0.3, 0.4) is 0 Å². The fourth-order valence-corrected chi connectivity index (χ4v) is 1.43. The Labute approximate surface area is 96.3 Å². The van der Waals surface area contributed by atoms with E-state index < -0.39 is 11.7 Å².